The fourth-order valence-corrected chi connectivity index (χ4v) is 3.50. The van der Waals surface area contributed by atoms with Crippen LogP contribution in [0.15, 0.2) is 22.7 Å². The van der Waals surface area contributed by atoms with Gasteiger partial charge in [0.15, 0.2) is 0 Å². The standard InChI is InChI=1S/C16H24BrN3O/c1-2-10-20(11-12-6-3-4-9-19-12)14-8-5-7-13(17)15(14)16(18)21/h5,7-8,12,19H,2-4,6,9-11H2,1H3,(H2,18,21). The van der Waals surface area contributed by atoms with Crippen molar-refractivity contribution in [3.05, 3.63) is 28.2 Å². The third-order valence-electron chi connectivity index (χ3n) is 3.93. The van der Waals surface area contributed by atoms with Crippen molar-refractivity contribution in [3.8, 4) is 0 Å². The second-order valence-electron chi connectivity index (χ2n) is 5.59. The third-order valence-corrected chi connectivity index (χ3v) is 4.59. The molecule has 0 saturated carbocycles. The number of hydrogen-bond acceptors (Lipinski definition) is 3. The number of nitrogens with zero attached hydrogens (tertiary/aromatic N) is 1. The lowest BCUT2D eigenvalue weighted by Crippen LogP contribution is -2.44. The number of amides is 1. The molecule has 21 heavy (non-hydrogen) atoms. The third kappa shape index (κ3) is 4.20. The van der Waals surface area contributed by atoms with Crippen LogP contribution in [0.4, 0.5) is 5.69 Å². The maximum atomic E-state index is 11.8. The molecule has 5 heteroatoms. The number of piperidine rings is 1. The molecule has 1 unspecified atom stereocenters. The zero-order valence-corrected chi connectivity index (χ0v) is 14.2. The maximum absolute atomic E-state index is 11.8. The highest BCUT2D eigenvalue weighted by molar-refractivity contribution is 9.10. The Hall–Kier alpha value is -1.07. The molecule has 0 aliphatic carbocycles. The molecule has 0 aromatic heterocycles. The van der Waals surface area contributed by atoms with Crippen LogP contribution in [-0.2, 0) is 0 Å². The molecule has 1 heterocycles. The summed E-state index contributed by atoms with van der Waals surface area (Å²) >= 11 is 3.45. The first-order chi connectivity index (χ1) is 10.1. The summed E-state index contributed by atoms with van der Waals surface area (Å²) in [5.41, 5.74) is 7.09. The summed E-state index contributed by atoms with van der Waals surface area (Å²) in [6.45, 7) is 5.09. The SMILES string of the molecule is CCCN(CC1CCCCN1)c1cccc(Br)c1C(N)=O. The van der Waals surface area contributed by atoms with E-state index in [9.17, 15) is 4.79 Å². The minimum absolute atomic E-state index is 0.379. The van der Waals surface area contributed by atoms with E-state index in [1.807, 2.05) is 18.2 Å². The van der Waals surface area contributed by atoms with Gasteiger partial charge in [0.25, 0.3) is 5.91 Å². The second kappa shape index (κ2) is 7.80. The number of primary amides is 1. The number of hydrogen-bond donors (Lipinski definition) is 2. The highest BCUT2D eigenvalue weighted by atomic mass is 79.9. The van der Waals surface area contributed by atoms with Crippen molar-refractivity contribution >= 4 is 27.5 Å². The predicted octanol–water partition coefficient (Wildman–Crippen LogP) is 2.91. The Morgan fingerprint density at radius 3 is 2.90 bits per heavy atom. The number of anilines is 1. The summed E-state index contributed by atoms with van der Waals surface area (Å²) in [5, 5.41) is 3.57. The van der Waals surface area contributed by atoms with Gasteiger partial charge in [0.2, 0.25) is 0 Å². The molecular formula is C16H24BrN3O. The number of benzene rings is 1. The van der Waals surface area contributed by atoms with Gasteiger partial charge in [0.05, 0.1) is 11.3 Å². The highest BCUT2D eigenvalue weighted by Gasteiger charge is 2.21. The van der Waals surface area contributed by atoms with Crippen LogP contribution < -0.4 is 16.0 Å². The Bertz CT molecular complexity index is 486. The molecule has 2 rings (SSSR count). The predicted molar refractivity (Wildman–Crippen MR) is 90.8 cm³/mol. The number of carbonyl (C=O) groups excluding carboxylic acids is 1. The number of nitrogens with two attached hydrogens (primary N) is 1. The van der Waals surface area contributed by atoms with Crippen LogP contribution in [0.5, 0.6) is 0 Å². The van der Waals surface area contributed by atoms with Gasteiger partial charge in [-0.25, -0.2) is 0 Å². The van der Waals surface area contributed by atoms with E-state index in [0.717, 1.165) is 36.2 Å². The molecule has 1 aliphatic heterocycles. The minimum atomic E-state index is -0.379. The van der Waals surface area contributed by atoms with Crippen LogP contribution >= 0.6 is 15.9 Å². The van der Waals surface area contributed by atoms with Crippen LogP contribution in [0.1, 0.15) is 43.0 Å². The first-order valence-electron chi connectivity index (χ1n) is 7.70. The van der Waals surface area contributed by atoms with Crippen LogP contribution in [-0.4, -0.2) is 31.6 Å². The number of halogens is 1. The van der Waals surface area contributed by atoms with E-state index in [1.54, 1.807) is 0 Å². The molecule has 1 fully saturated rings. The number of carbonyl (C=O) groups is 1. The van der Waals surface area contributed by atoms with Gasteiger partial charge in [-0.05, 0) is 53.9 Å². The molecule has 4 nitrogen and oxygen atoms in total. The molecule has 0 spiro atoms. The Labute approximate surface area is 135 Å². The summed E-state index contributed by atoms with van der Waals surface area (Å²) in [6.07, 6.45) is 4.77. The van der Waals surface area contributed by atoms with Crippen molar-refractivity contribution in [2.45, 2.75) is 38.6 Å². The number of nitrogens with one attached hydrogen (secondary N) is 1. The highest BCUT2D eigenvalue weighted by Crippen LogP contribution is 2.28. The monoisotopic (exact) mass is 353 g/mol. The summed E-state index contributed by atoms with van der Waals surface area (Å²) in [4.78, 5) is 14.1. The van der Waals surface area contributed by atoms with Crippen molar-refractivity contribution in [2.24, 2.45) is 5.73 Å². The smallest absolute Gasteiger partial charge is 0.251 e. The molecule has 1 amide bonds. The Kier molecular flexibility index (Phi) is 6.06. The summed E-state index contributed by atoms with van der Waals surface area (Å²) in [5.74, 6) is -0.379. The lowest BCUT2D eigenvalue weighted by Gasteiger charge is -2.33. The zero-order valence-electron chi connectivity index (χ0n) is 12.6. The van der Waals surface area contributed by atoms with Crippen LogP contribution in [0.25, 0.3) is 0 Å². The summed E-state index contributed by atoms with van der Waals surface area (Å²) in [7, 11) is 0. The van der Waals surface area contributed by atoms with Gasteiger partial charge < -0.3 is 16.0 Å². The van der Waals surface area contributed by atoms with E-state index in [2.05, 4.69) is 33.1 Å². The lowest BCUT2D eigenvalue weighted by atomic mass is 10.0. The molecule has 1 aromatic carbocycles. The van der Waals surface area contributed by atoms with E-state index in [-0.39, 0.29) is 5.91 Å². The molecule has 3 N–H and O–H groups in total. The molecular weight excluding hydrogens is 330 g/mol. The van der Waals surface area contributed by atoms with Gasteiger partial charge in [-0.1, -0.05) is 19.4 Å². The lowest BCUT2D eigenvalue weighted by molar-refractivity contribution is 0.1000. The Balaban J connectivity index is 2.24. The van der Waals surface area contributed by atoms with Crippen LogP contribution in [0.2, 0.25) is 0 Å². The maximum Gasteiger partial charge on any atom is 0.251 e. The largest absolute Gasteiger partial charge is 0.369 e. The van der Waals surface area contributed by atoms with Gasteiger partial charge in [0.1, 0.15) is 0 Å². The van der Waals surface area contributed by atoms with E-state index in [0.29, 0.717) is 11.6 Å². The normalized spacial score (nSPS) is 18.5. The molecule has 1 aliphatic rings. The first-order valence-corrected chi connectivity index (χ1v) is 8.49. The van der Waals surface area contributed by atoms with Gasteiger partial charge in [0, 0.05) is 23.6 Å². The fraction of sp³-hybridized carbons (Fsp3) is 0.562. The molecule has 1 aromatic rings. The fourth-order valence-electron chi connectivity index (χ4n) is 2.95. The summed E-state index contributed by atoms with van der Waals surface area (Å²) in [6, 6.07) is 6.31. The molecule has 0 bridgehead atoms. The molecule has 0 radical (unpaired) electrons. The van der Waals surface area contributed by atoms with Crippen molar-refractivity contribution in [3.63, 3.8) is 0 Å². The quantitative estimate of drug-likeness (QED) is 0.826. The summed E-state index contributed by atoms with van der Waals surface area (Å²) < 4.78 is 0.769. The van der Waals surface area contributed by atoms with Gasteiger partial charge in [-0.15, -0.1) is 0 Å². The molecule has 116 valence electrons. The van der Waals surface area contributed by atoms with Gasteiger partial charge >= 0.3 is 0 Å². The number of rotatable bonds is 6. The van der Waals surface area contributed by atoms with Gasteiger partial charge in [-0.2, -0.15) is 0 Å². The van der Waals surface area contributed by atoms with Crippen molar-refractivity contribution in [1.29, 1.82) is 0 Å². The van der Waals surface area contributed by atoms with Crippen molar-refractivity contribution in [2.75, 3.05) is 24.5 Å². The van der Waals surface area contributed by atoms with Crippen molar-refractivity contribution in [1.82, 2.24) is 5.32 Å². The minimum Gasteiger partial charge on any atom is -0.369 e. The van der Waals surface area contributed by atoms with E-state index < -0.39 is 0 Å². The average Bonchev–Trinajstić information content (AvgIpc) is 2.47. The second-order valence-corrected chi connectivity index (χ2v) is 6.45. The zero-order chi connectivity index (χ0) is 15.2. The van der Waals surface area contributed by atoms with Crippen molar-refractivity contribution < 1.29 is 4.79 Å². The van der Waals surface area contributed by atoms with Crippen LogP contribution in [0, 0.1) is 0 Å². The topological polar surface area (TPSA) is 58.4 Å². The molecule has 1 atom stereocenters. The Morgan fingerprint density at radius 2 is 2.29 bits per heavy atom. The molecule has 1 saturated heterocycles. The first kappa shape index (κ1) is 16.3. The van der Waals surface area contributed by atoms with E-state index >= 15 is 0 Å². The Morgan fingerprint density at radius 1 is 1.48 bits per heavy atom. The average molecular weight is 354 g/mol. The van der Waals surface area contributed by atoms with E-state index in [1.165, 1.54) is 19.3 Å². The van der Waals surface area contributed by atoms with E-state index in [4.69, 9.17) is 5.73 Å². The van der Waals surface area contributed by atoms with Gasteiger partial charge in [-0.3, -0.25) is 4.79 Å². The van der Waals surface area contributed by atoms with Crippen LogP contribution in [0.3, 0.4) is 0 Å².